The van der Waals surface area contributed by atoms with Crippen LogP contribution in [0.25, 0.3) is 11.0 Å². The van der Waals surface area contributed by atoms with E-state index in [1.165, 1.54) is 0 Å². The summed E-state index contributed by atoms with van der Waals surface area (Å²) in [5.41, 5.74) is 7.31. The maximum atomic E-state index is 12.2. The molecule has 1 atom stereocenters. The maximum Gasteiger partial charge on any atom is 0.227 e. The molecule has 2 rings (SSSR count). The quantitative estimate of drug-likeness (QED) is 0.852. The molecule has 3 N–H and O–H groups in total. The minimum atomic E-state index is -0.480. The van der Waals surface area contributed by atoms with Crippen LogP contribution in [0.5, 0.6) is 0 Å². The van der Waals surface area contributed by atoms with E-state index in [1.807, 2.05) is 45.0 Å². The number of aryl methyl sites for hydroxylation is 1. The predicted molar refractivity (Wildman–Crippen MR) is 84.9 cm³/mol. The molecule has 21 heavy (non-hydrogen) atoms. The number of para-hydroxylation sites is 2. The zero-order valence-corrected chi connectivity index (χ0v) is 13.0. The lowest BCUT2D eigenvalue weighted by Crippen LogP contribution is -2.44. The van der Waals surface area contributed by atoms with E-state index in [-0.39, 0.29) is 5.91 Å². The first-order chi connectivity index (χ1) is 10.0. The Morgan fingerprint density at radius 2 is 2.14 bits per heavy atom. The molecule has 1 aromatic heterocycles. The van der Waals surface area contributed by atoms with Gasteiger partial charge in [-0.3, -0.25) is 4.79 Å². The van der Waals surface area contributed by atoms with Crippen molar-refractivity contribution >= 4 is 16.9 Å². The number of nitrogens with one attached hydrogen (secondary N) is 1. The van der Waals surface area contributed by atoms with Crippen LogP contribution >= 0.6 is 0 Å². The topological polar surface area (TPSA) is 72.9 Å². The number of fused-ring (bicyclic) bond motifs is 1. The second-order valence-electron chi connectivity index (χ2n) is 5.67. The lowest BCUT2D eigenvalue weighted by Gasteiger charge is -2.25. The fourth-order valence-electron chi connectivity index (χ4n) is 2.37. The monoisotopic (exact) mass is 288 g/mol. The number of nitrogens with two attached hydrogens (primary N) is 1. The Balaban J connectivity index is 2.03. The Morgan fingerprint density at radius 3 is 2.81 bits per heavy atom. The average molecular weight is 288 g/mol. The molecule has 0 fully saturated rings. The molecule has 1 heterocycles. The van der Waals surface area contributed by atoms with Crippen molar-refractivity contribution in [3.63, 3.8) is 0 Å². The summed E-state index contributed by atoms with van der Waals surface area (Å²) < 4.78 is 2.13. The van der Waals surface area contributed by atoms with Gasteiger partial charge in [-0.15, -0.1) is 0 Å². The summed E-state index contributed by atoms with van der Waals surface area (Å²) in [5, 5.41) is 2.99. The standard InChI is InChI=1S/C16H24N4O/c1-4-16(3,11-17)15(21)18-9-10-20-12(2)19-13-7-5-6-8-14(13)20/h5-8H,4,9-11,17H2,1-3H3,(H,18,21). The first kappa shape index (κ1) is 15.5. The lowest BCUT2D eigenvalue weighted by atomic mass is 9.87. The van der Waals surface area contributed by atoms with Crippen LogP contribution in [0.4, 0.5) is 0 Å². The number of rotatable bonds is 6. The third kappa shape index (κ3) is 3.08. The number of aromatic nitrogens is 2. The van der Waals surface area contributed by atoms with Gasteiger partial charge < -0.3 is 15.6 Å². The number of hydrogen-bond acceptors (Lipinski definition) is 3. The van der Waals surface area contributed by atoms with Gasteiger partial charge in [-0.2, -0.15) is 0 Å². The maximum absolute atomic E-state index is 12.2. The molecule has 5 nitrogen and oxygen atoms in total. The van der Waals surface area contributed by atoms with E-state index in [1.54, 1.807) is 0 Å². The smallest absolute Gasteiger partial charge is 0.227 e. The number of amides is 1. The van der Waals surface area contributed by atoms with Crippen LogP contribution in [0.15, 0.2) is 24.3 Å². The SMILES string of the molecule is CCC(C)(CN)C(=O)NCCn1c(C)nc2ccccc21. The Bertz CT molecular complexity index is 628. The van der Waals surface area contributed by atoms with Crippen molar-refractivity contribution in [3.05, 3.63) is 30.1 Å². The molecule has 0 aliphatic rings. The molecule has 0 bridgehead atoms. The summed E-state index contributed by atoms with van der Waals surface area (Å²) in [6.45, 7) is 7.53. The molecular weight excluding hydrogens is 264 g/mol. The third-order valence-corrected chi connectivity index (χ3v) is 4.25. The first-order valence-electron chi connectivity index (χ1n) is 7.42. The lowest BCUT2D eigenvalue weighted by molar-refractivity contribution is -0.129. The summed E-state index contributed by atoms with van der Waals surface area (Å²) >= 11 is 0. The Labute approximate surface area is 125 Å². The zero-order valence-electron chi connectivity index (χ0n) is 13.0. The summed E-state index contributed by atoms with van der Waals surface area (Å²) in [4.78, 5) is 16.7. The number of carbonyl (C=O) groups is 1. The molecule has 0 radical (unpaired) electrons. The van der Waals surface area contributed by atoms with Crippen LogP contribution in [0, 0.1) is 12.3 Å². The van der Waals surface area contributed by atoms with Crippen LogP contribution in [0.3, 0.4) is 0 Å². The second kappa shape index (κ2) is 6.26. The molecule has 1 amide bonds. The van der Waals surface area contributed by atoms with E-state index >= 15 is 0 Å². The molecule has 0 saturated heterocycles. The highest BCUT2D eigenvalue weighted by Crippen LogP contribution is 2.19. The average Bonchev–Trinajstić information content (AvgIpc) is 2.82. The van der Waals surface area contributed by atoms with Crippen molar-refractivity contribution < 1.29 is 4.79 Å². The molecule has 114 valence electrons. The van der Waals surface area contributed by atoms with Crippen molar-refractivity contribution in [2.45, 2.75) is 33.7 Å². The van der Waals surface area contributed by atoms with Crippen molar-refractivity contribution in [1.82, 2.24) is 14.9 Å². The minimum absolute atomic E-state index is 0.0228. The number of carbonyl (C=O) groups excluding carboxylic acids is 1. The first-order valence-corrected chi connectivity index (χ1v) is 7.42. The number of nitrogens with zero attached hydrogens (tertiary/aromatic N) is 2. The van der Waals surface area contributed by atoms with Gasteiger partial charge in [0.2, 0.25) is 5.91 Å². The molecule has 0 spiro atoms. The van der Waals surface area contributed by atoms with Gasteiger partial charge in [-0.1, -0.05) is 19.1 Å². The van der Waals surface area contributed by atoms with Gasteiger partial charge in [0.05, 0.1) is 16.4 Å². The molecule has 0 saturated carbocycles. The van der Waals surface area contributed by atoms with Gasteiger partial charge in [-0.05, 0) is 32.4 Å². The van der Waals surface area contributed by atoms with Crippen LogP contribution in [-0.4, -0.2) is 28.5 Å². The zero-order chi connectivity index (χ0) is 15.5. The van der Waals surface area contributed by atoms with Crippen molar-refractivity contribution in [2.24, 2.45) is 11.1 Å². The van der Waals surface area contributed by atoms with E-state index in [0.29, 0.717) is 19.6 Å². The highest BCUT2D eigenvalue weighted by molar-refractivity contribution is 5.82. The van der Waals surface area contributed by atoms with E-state index in [4.69, 9.17) is 5.73 Å². The summed E-state index contributed by atoms with van der Waals surface area (Å²) in [6, 6.07) is 8.03. The highest BCUT2D eigenvalue weighted by Gasteiger charge is 2.29. The Hall–Kier alpha value is -1.88. The van der Waals surface area contributed by atoms with E-state index in [9.17, 15) is 4.79 Å². The Morgan fingerprint density at radius 1 is 1.43 bits per heavy atom. The van der Waals surface area contributed by atoms with Crippen LogP contribution in [-0.2, 0) is 11.3 Å². The molecule has 1 aromatic carbocycles. The molecule has 2 aromatic rings. The predicted octanol–water partition coefficient (Wildman–Crippen LogP) is 1.84. The molecule has 1 unspecified atom stereocenters. The van der Waals surface area contributed by atoms with Gasteiger partial charge >= 0.3 is 0 Å². The summed E-state index contributed by atoms with van der Waals surface area (Å²) in [7, 11) is 0. The van der Waals surface area contributed by atoms with E-state index < -0.39 is 5.41 Å². The van der Waals surface area contributed by atoms with Gasteiger partial charge in [0.15, 0.2) is 0 Å². The fraction of sp³-hybridized carbons (Fsp3) is 0.500. The molecule has 0 aliphatic carbocycles. The van der Waals surface area contributed by atoms with Crippen LogP contribution in [0.2, 0.25) is 0 Å². The minimum Gasteiger partial charge on any atom is -0.354 e. The Kier molecular flexibility index (Phi) is 4.63. The molecule has 5 heteroatoms. The summed E-state index contributed by atoms with van der Waals surface area (Å²) in [6.07, 6.45) is 0.738. The molecule has 0 aliphatic heterocycles. The number of imidazole rings is 1. The number of benzene rings is 1. The van der Waals surface area contributed by atoms with Gasteiger partial charge in [-0.25, -0.2) is 4.98 Å². The van der Waals surface area contributed by atoms with Crippen molar-refractivity contribution in [2.75, 3.05) is 13.1 Å². The van der Waals surface area contributed by atoms with Gasteiger partial charge in [0.1, 0.15) is 5.82 Å². The van der Waals surface area contributed by atoms with Gasteiger partial charge in [0.25, 0.3) is 0 Å². The largest absolute Gasteiger partial charge is 0.354 e. The third-order valence-electron chi connectivity index (χ3n) is 4.25. The van der Waals surface area contributed by atoms with E-state index in [0.717, 1.165) is 23.3 Å². The second-order valence-corrected chi connectivity index (χ2v) is 5.67. The van der Waals surface area contributed by atoms with E-state index in [2.05, 4.69) is 14.9 Å². The normalized spacial score (nSPS) is 14.1. The van der Waals surface area contributed by atoms with Gasteiger partial charge in [0, 0.05) is 19.6 Å². The molecular formula is C16H24N4O. The number of hydrogen-bond donors (Lipinski definition) is 2. The summed E-state index contributed by atoms with van der Waals surface area (Å²) in [5.74, 6) is 0.983. The highest BCUT2D eigenvalue weighted by atomic mass is 16.2. The fourth-order valence-corrected chi connectivity index (χ4v) is 2.37. The van der Waals surface area contributed by atoms with Crippen LogP contribution < -0.4 is 11.1 Å². The van der Waals surface area contributed by atoms with Crippen molar-refractivity contribution in [3.8, 4) is 0 Å². The van der Waals surface area contributed by atoms with Crippen molar-refractivity contribution in [1.29, 1.82) is 0 Å². The van der Waals surface area contributed by atoms with Crippen LogP contribution in [0.1, 0.15) is 26.1 Å².